The van der Waals surface area contributed by atoms with Crippen molar-refractivity contribution < 1.29 is 13.5 Å². The molecule has 18 heavy (non-hydrogen) atoms. The lowest BCUT2D eigenvalue weighted by Crippen LogP contribution is -1.99. The summed E-state index contributed by atoms with van der Waals surface area (Å²) in [5.74, 6) is -0.995. The lowest BCUT2D eigenvalue weighted by molar-refractivity contribution is 0.302. The van der Waals surface area contributed by atoms with Gasteiger partial charge < -0.3 is 4.74 Å². The van der Waals surface area contributed by atoms with Crippen molar-refractivity contribution >= 4 is 0 Å². The number of nitriles is 1. The van der Waals surface area contributed by atoms with Crippen LogP contribution in [0.2, 0.25) is 0 Å². The Hall–Kier alpha value is -2.48. The van der Waals surface area contributed by atoms with Gasteiger partial charge in [0.1, 0.15) is 35.6 Å². The molecule has 3 nitrogen and oxygen atoms in total. The fourth-order valence-electron chi connectivity index (χ4n) is 1.43. The van der Waals surface area contributed by atoms with E-state index < -0.39 is 11.6 Å². The molecule has 0 amide bonds. The molecule has 2 rings (SSSR count). The minimum absolute atomic E-state index is 0.0168. The molecule has 0 N–H and O–H groups in total. The van der Waals surface area contributed by atoms with Gasteiger partial charge in [0, 0.05) is 11.8 Å². The highest BCUT2D eigenvalue weighted by Crippen LogP contribution is 2.21. The van der Waals surface area contributed by atoms with Crippen LogP contribution >= 0.6 is 0 Å². The zero-order chi connectivity index (χ0) is 13.0. The molecule has 2 aromatic rings. The number of rotatable bonds is 3. The largest absolute Gasteiger partial charge is 0.487 e. The van der Waals surface area contributed by atoms with Crippen molar-refractivity contribution in [1.82, 2.24) is 4.98 Å². The third-order valence-electron chi connectivity index (χ3n) is 2.24. The van der Waals surface area contributed by atoms with E-state index in [9.17, 15) is 8.78 Å². The third-order valence-corrected chi connectivity index (χ3v) is 2.24. The second-order valence-corrected chi connectivity index (χ2v) is 3.52. The summed E-state index contributed by atoms with van der Waals surface area (Å²) in [5, 5.41) is 8.80. The van der Waals surface area contributed by atoms with Gasteiger partial charge in [-0.3, -0.25) is 4.98 Å². The third kappa shape index (κ3) is 2.61. The predicted octanol–water partition coefficient (Wildman–Crippen LogP) is 2.81. The number of ether oxygens (including phenoxy) is 1. The standard InChI is InChI=1S/C13H8F2N2O/c14-10-4-9(6-17-7-10)8-18-13-3-1-2-12(15)11(13)5-16/h1-4,6-7H,8H2. The van der Waals surface area contributed by atoms with Crippen LogP contribution in [-0.4, -0.2) is 4.98 Å². The molecule has 0 saturated heterocycles. The number of aromatic nitrogens is 1. The van der Waals surface area contributed by atoms with Crippen molar-refractivity contribution in [3.63, 3.8) is 0 Å². The minimum Gasteiger partial charge on any atom is -0.487 e. The summed E-state index contributed by atoms with van der Waals surface area (Å²) in [5.41, 5.74) is 0.338. The first-order chi connectivity index (χ1) is 8.70. The Morgan fingerprint density at radius 3 is 2.83 bits per heavy atom. The van der Waals surface area contributed by atoms with E-state index in [1.165, 1.54) is 30.5 Å². The molecule has 5 heteroatoms. The van der Waals surface area contributed by atoms with Crippen molar-refractivity contribution in [2.75, 3.05) is 0 Å². The van der Waals surface area contributed by atoms with E-state index in [-0.39, 0.29) is 17.9 Å². The number of hydrogen-bond donors (Lipinski definition) is 0. The van der Waals surface area contributed by atoms with Crippen molar-refractivity contribution in [3.8, 4) is 11.8 Å². The maximum atomic E-state index is 13.3. The van der Waals surface area contributed by atoms with Gasteiger partial charge in [0.2, 0.25) is 0 Å². The summed E-state index contributed by atoms with van der Waals surface area (Å²) in [7, 11) is 0. The number of hydrogen-bond acceptors (Lipinski definition) is 3. The van der Waals surface area contributed by atoms with E-state index in [0.29, 0.717) is 5.56 Å². The van der Waals surface area contributed by atoms with E-state index >= 15 is 0 Å². The van der Waals surface area contributed by atoms with E-state index in [1.807, 2.05) is 0 Å². The molecular formula is C13H8F2N2O. The summed E-state index contributed by atoms with van der Waals surface area (Å²) in [6.07, 6.45) is 2.51. The molecule has 0 unspecified atom stereocenters. The Balaban J connectivity index is 2.16. The number of pyridine rings is 1. The molecule has 0 fully saturated rings. The SMILES string of the molecule is N#Cc1c(F)cccc1OCc1cncc(F)c1. The smallest absolute Gasteiger partial charge is 0.144 e. The molecule has 90 valence electrons. The van der Waals surface area contributed by atoms with Crippen molar-refractivity contribution in [1.29, 1.82) is 5.26 Å². The molecule has 0 radical (unpaired) electrons. The van der Waals surface area contributed by atoms with Gasteiger partial charge in [-0.1, -0.05) is 6.07 Å². The zero-order valence-electron chi connectivity index (χ0n) is 9.23. The summed E-state index contributed by atoms with van der Waals surface area (Å²) in [4.78, 5) is 3.66. The van der Waals surface area contributed by atoms with Crippen LogP contribution in [0.4, 0.5) is 8.78 Å². The van der Waals surface area contributed by atoms with Gasteiger partial charge in [-0.2, -0.15) is 5.26 Å². The molecule has 1 aromatic heterocycles. The summed E-state index contributed by atoms with van der Waals surface area (Å²) in [6.45, 7) is 0.0168. The maximum Gasteiger partial charge on any atom is 0.144 e. The van der Waals surface area contributed by atoms with Crippen LogP contribution in [-0.2, 0) is 6.61 Å². The first-order valence-corrected chi connectivity index (χ1v) is 5.11. The molecule has 1 heterocycles. The molecule has 0 atom stereocenters. The van der Waals surface area contributed by atoms with Crippen molar-refractivity contribution in [2.45, 2.75) is 6.61 Å². The van der Waals surface area contributed by atoms with Gasteiger partial charge in [-0.05, 0) is 18.2 Å². The zero-order valence-corrected chi connectivity index (χ0v) is 9.23. The van der Waals surface area contributed by atoms with Crippen LogP contribution in [0.25, 0.3) is 0 Å². The van der Waals surface area contributed by atoms with Crippen LogP contribution in [0.3, 0.4) is 0 Å². The summed E-state index contributed by atoms with van der Waals surface area (Å²) in [6, 6.07) is 7.08. The van der Waals surface area contributed by atoms with Gasteiger partial charge in [0.15, 0.2) is 0 Å². The molecular weight excluding hydrogens is 238 g/mol. The minimum atomic E-state index is -0.646. The molecule has 0 aliphatic rings. The lowest BCUT2D eigenvalue weighted by Gasteiger charge is -2.07. The fourth-order valence-corrected chi connectivity index (χ4v) is 1.43. The molecule has 1 aromatic carbocycles. The van der Waals surface area contributed by atoms with Gasteiger partial charge in [-0.15, -0.1) is 0 Å². The molecule has 0 bridgehead atoms. The maximum absolute atomic E-state index is 13.3. The molecule has 0 aliphatic heterocycles. The Kier molecular flexibility index (Phi) is 3.49. The van der Waals surface area contributed by atoms with Crippen LogP contribution in [0, 0.1) is 23.0 Å². The van der Waals surface area contributed by atoms with Crippen molar-refractivity contribution in [2.24, 2.45) is 0 Å². The highest BCUT2D eigenvalue weighted by molar-refractivity contribution is 5.43. The Morgan fingerprint density at radius 1 is 1.28 bits per heavy atom. The lowest BCUT2D eigenvalue weighted by atomic mass is 10.2. The first kappa shape index (κ1) is 12.0. The molecule has 0 saturated carbocycles. The number of nitrogens with zero attached hydrogens (tertiary/aromatic N) is 2. The highest BCUT2D eigenvalue weighted by atomic mass is 19.1. The average Bonchev–Trinajstić information content (AvgIpc) is 2.36. The average molecular weight is 246 g/mol. The first-order valence-electron chi connectivity index (χ1n) is 5.11. The number of halogens is 2. The Bertz CT molecular complexity index is 608. The summed E-state index contributed by atoms with van der Waals surface area (Å²) < 4.78 is 31.4. The highest BCUT2D eigenvalue weighted by Gasteiger charge is 2.09. The van der Waals surface area contributed by atoms with Gasteiger partial charge in [0.05, 0.1) is 6.20 Å². The molecule has 0 spiro atoms. The van der Waals surface area contributed by atoms with Crippen molar-refractivity contribution in [3.05, 3.63) is 59.4 Å². The normalized spacial score (nSPS) is 9.83. The van der Waals surface area contributed by atoms with E-state index in [1.54, 1.807) is 6.07 Å². The van der Waals surface area contributed by atoms with Crippen LogP contribution in [0.1, 0.15) is 11.1 Å². The summed E-state index contributed by atoms with van der Waals surface area (Å²) >= 11 is 0. The van der Waals surface area contributed by atoms with E-state index in [0.717, 1.165) is 6.20 Å². The Labute approximate surface area is 102 Å². The van der Waals surface area contributed by atoms with E-state index in [4.69, 9.17) is 10.00 Å². The van der Waals surface area contributed by atoms with E-state index in [2.05, 4.69) is 4.98 Å². The molecule has 0 aliphatic carbocycles. The van der Waals surface area contributed by atoms with Crippen LogP contribution in [0.15, 0.2) is 36.7 Å². The van der Waals surface area contributed by atoms with Crippen LogP contribution < -0.4 is 4.74 Å². The monoisotopic (exact) mass is 246 g/mol. The predicted molar refractivity (Wildman–Crippen MR) is 59.6 cm³/mol. The second-order valence-electron chi connectivity index (χ2n) is 3.52. The topological polar surface area (TPSA) is 45.9 Å². The number of benzene rings is 1. The van der Waals surface area contributed by atoms with Gasteiger partial charge in [0.25, 0.3) is 0 Å². The van der Waals surface area contributed by atoms with Crippen LogP contribution in [0.5, 0.6) is 5.75 Å². The quantitative estimate of drug-likeness (QED) is 0.836. The Morgan fingerprint density at radius 2 is 2.11 bits per heavy atom. The fraction of sp³-hybridized carbons (Fsp3) is 0.0769. The van der Waals surface area contributed by atoms with Gasteiger partial charge >= 0.3 is 0 Å². The van der Waals surface area contributed by atoms with Gasteiger partial charge in [-0.25, -0.2) is 8.78 Å². The second kappa shape index (κ2) is 5.23.